The molecule has 0 aromatic heterocycles. The molecule has 0 bridgehead atoms. The van der Waals surface area contributed by atoms with Crippen LogP contribution in [0.4, 0.5) is 10.1 Å². The predicted octanol–water partition coefficient (Wildman–Crippen LogP) is 3.48. The third kappa shape index (κ3) is 5.43. The number of carbonyl (C=O) groups excluding carboxylic acids is 3. The fourth-order valence-corrected chi connectivity index (χ4v) is 3.36. The molecule has 1 aliphatic heterocycles. The summed E-state index contributed by atoms with van der Waals surface area (Å²) in [7, 11) is 0. The Morgan fingerprint density at radius 3 is 2.33 bits per heavy atom. The van der Waals surface area contributed by atoms with E-state index in [1.54, 1.807) is 11.0 Å². The predicted molar refractivity (Wildman–Crippen MR) is 111 cm³/mol. The summed E-state index contributed by atoms with van der Waals surface area (Å²) in [5.74, 6) is -1.75. The van der Waals surface area contributed by atoms with Crippen molar-refractivity contribution < 1.29 is 23.5 Å². The van der Waals surface area contributed by atoms with Gasteiger partial charge in [-0.15, -0.1) is 0 Å². The molecule has 2 aromatic rings. The Balaban J connectivity index is 1.43. The first-order valence-corrected chi connectivity index (χ1v) is 9.92. The van der Waals surface area contributed by atoms with E-state index in [4.69, 9.17) is 4.74 Å². The molecule has 7 heteroatoms. The highest BCUT2D eigenvalue weighted by atomic mass is 19.1. The van der Waals surface area contributed by atoms with Gasteiger partial charge in [0.1, 0.15) is 5.82 Å². The number of benzene rings is 2. The molecule has 1 fully saturated rings. The van der Waals surface area contributed by atoms with Gasteiger partial charge in [0.2, 0.25) is 0 Å². The molecule has 1 heterocycles. The van der Waals surface area contributed by atoms with Crippen molar-refractivity contribution >= 4 is 23.5 Å². The van der Waals surface area contributed by atoms with Gasteiger partial charge in [-0.2, -0.15) is 0 Å². The first kappa shape index (κ1) is 21.5. The van der Waals surface area contributed by atoms with Crippen LogP contribution in [0.1, 0.15) is 34.3 Å². The van der Waals surface area contributed by atoms with Crippen LogP contribution in [0.15, 0.2) is 42.5 Å². The van der Waals surface area contributed by atoms with Crippen LogP contribution in [0.3, 0.4) is 0 Å². The zero-order valence-corrected chi connectivity index (χ0v) is 17.1. The number of anilines is 1. The topological polar surface area (TPSA) is 75.7 Å². The molecule has 1 saturated heterocycles. The zero-order valence-electron chi connectivity index (χ0n) is 17.1. The average molecular weight is 412 g/mol. The number of amides is 2. The van der Waals surface area contributed by atoms with Gasteiger partial charge in [-0.1, -0.05) is 6.07 Å². The van der Waals surface area contributed by atoms with E-state index in [1.807, 2.05) is 26.0 Å². The van der Waals surface area contributed by atoms with E-state index in [-0.39, 0.29) is 18.4 Å². The molecule has 6 nitrogen and oxygen atoms in total. The summed E-state index contributed by atoms with van der Waals surface area (Å²) in [4.78, 5) is 38.4. The first-order valence-electron chi connectivity index (χ1n) is 9.92. The molecule has 158 valence electrons. The fraction of sp³-hybridized carbons (Fsp3) is 0.348. The lowest BCUT2D eigenvalue weighted by molar-refractivity contribution is -0.152. The molecule has 3 rings (SSSR count). The summed E-state index contributed by atoms with van der Waals surface area (Å²) in [6.45, 7) is 4.41. The molecule has 2 amide bonds. The lowest BCUT2D eigenvalue weighted by Gasteiger charge is -2.31. The smallest absolute Gasteiger partial charge is 0.309 e. The van der Waals surface area contributed by atoms with Crippen molar-refractivity contribution in [3.63, 3.8) is 0 Å². The van der Waals surface area contributed by atoms with Crippen molar-refractivity contribution in [1.29, 1.82) is 0 Å². The van der Waals surface area contributed by atoms with Gasteiger partial charge in [0, 0.05) is 24.3 Å². The largest absolute Gasteiger partial charge is 0.455 e. The van der Waals surface area contributed by atoms with E-state index >= 15 is 0 Å². The molecule has 2 aromatic carbocycles. The average Bonchev–Trinajstić information content (AvgIpc) is 2.75. The highest BCUT2D eigenvalue weighted by Gasteiger charge is 2.29. The number of nitrogens with zero attached hydrogens (tertiary/aromatic N) is 1. The summed E-state index contributed by atoms with van der Waals surface area (Å²) in [6.07, 6.45) is 0.926. The fourth-order valence-electron chi connectivity index (χ4n) is 3.36. The molecule has 1 N–H and O–H groups in total. The van der Waals surface area contributed by atoms with Crippen LogP contribution in [0, 0.1) is 25.6 Å². The Morgan fingerprint density at radius 2 is 1.70 bits per heavy atom. The van der Waals surface area contributed by atoms with E-state index in [9.17, 15) is 18.8 Å². The minimum atomic E-state index is -0.431. The highest BCUT2D eigenvalue weighted by molar-refractivity contribution is 5.94. The molecule has 1 aliphatic rings. The maximum absolute atomic E-state index is 13.0. The van der Waals surface area contributed by atoms with Crippen LogP contribution in [0.25, 0.3) is 0 Å². The van der Waals surface area contributed by atoms with E-state index in [0.717, 1.165) is 11.1 Å². The van der Waals surface area contributed by atoms with Crippen LogP contribution in [-0.4, -0.2) is 42.4 Å². The number of likely N-dealkylation sites (tertiary alicyclic amines) is 1. The number of esters is 1. The molecular weight excluding hydrogens is 387 g/mol. The van der Waals surface area contributed by atoms with Crippen molar-refractivity contribution in [1.82, 2.24) is 4.90 Å². The molecule has 0 spiro atoms. The minimum absolute atomic E-state index is 0.186. The van der Waals surface area contributed by atoms with Crippen LogP contribution < -0.4 is 5.32 Å². The van der Waals surface area contributed by atoms with E-state index in [0.29, 0.717) is 37.2 Å². The van der Waals surface area contributed by atoms with Gasteiger partial charge in [0.25, 0.3) is 11.8 Å². The Kier molecular flexibility index (Phi) is 6.82. The van der Waals surface area contributed by atoms with E-state index in [1.165, 1.54) is 24.3 Å². The van der Waals surface area contributed by atoms with Gasteiger partial charge < -0.3 is 15.0 Å². The number of hydrogen-bond donors (Lipinski definition) is 1. The van der Waals surface area contributed by atoms with Gasteiger partial charge in [0.15, 0.2) is 6.61 Å². The van der Waals surface area contributed by atoms with Crippen molar-refractivity contribution in [3.8, 4) is 0 Å². The molecule has 30 heavy (non-hydrogen) atoms. The SMILES string of the molecule is Cc1ccc(NC(=O)COC(=O)C2CCN(C(=O)c3ccc(F)cc3)CC2)cc1C. The van der Waals surface area contributed by atoms with Crippen molar-refractivity contribution in [2.24, 2.45) is 5.92 Å². The number of hydrogen-bond acceptors (Lipinski definition) is 4. The third-order valence-corrected chi connectivity index (χ3v) is 5.34. The highest BCUT2D eigenvalue weighted by Crippen LogP contribution is 2.21. The van der Waals surface area contributed by atoms with Crippen molar-refractivity contribution in [2.75, 3.05) is 25.0 Å². The molecule has 0 saturated carbocycles. The molecule has 0 atom stereocenters. The van der Waals surface area contributed by atoms with Crippen molar-refractivity contribution in [3.05, 3.63) is 65.0 Å². The van der Waals surface area contributed by atoms with Crippen LogP contribution in [0.5, 0.6) is 0 Å². The zero-order chi connectivity index (χ0) is 21.7. The van der Waals surface area contributed by atoms with Gasteiger partial charge in [-0.3, -0.25) is 14.4 Å². The van der Waals surface area contributed by atoms with Crippen LogP contribution in [0.2, 0.25) is 0 Å². The Bertz CT molecular complexity index is 935. The maximum Gasteiger partial charge on any atom is 0.309 e. The molecule has 0 radical (unpaired) electrons. The third-order valence-electron chi connectivity index (χ3n) is 5.34. The van der Waals surface area contributed by atoms with Gasteiger partial charge in [-0.25, -0.2) is 4.39 Å². The maximum atomic E-state index is 13.0. The number of carbonyl (C=O) groups is 3. The normalized spacial score (nSPS) is 14.3. The number of halogens is 1. The molecule has 0 aliphatic carbocycles. The monoisotopic (exact) mass is 412 g/mol. The van der Waals surface area contributed by atoms with E-state index in [2.05, 4.69) is 5.32 Å². The van der Waals surface area contributed by atoms with Gasteiger partial charge in [0.05, 0.1) is 5.92 Å². The second kappa shape index (κ2) is 9.52. The Labute approximate surface area is 175 Å². The number of rotatable bonds is 5. The summed E-state index contributed by atoms with van der Waals surface area (Å²) in [5.41, 5.74) is 3.27. The second-order valence-corrected chi connectivity index (χ2v) is 7.53. The summed E-state index contributed by atoms with van der Waals surface area (Å²) < 4.78 is 18.2. The van der Waals surface area contributed by atoms with E-state index < -0.39 is 17.7 Å². The van der Waals surface area contributed by atoms with Crippen LogP contribution in [-0.2, 0) is 14.3 Å². The van der Waals surface area contributed by atoms with Crippen molar-refractivity contribution in [2.45, 2.75) is 26.7 Å². The van der Waals surface area contributed by atoms with Gasteiger partial charge in [-0.05, 0) is 74.2 Å². The summed E-state index contributed by atoms with van der Waals surface area (Å²) >= 11 is 0. The Hall–Kier alpha value is -3.22. The van der Waals surface area contributed by atoms with Gasteiger partial charge >= 0.3 is 5.97 Å². The summed E-state index contributed by atoms with van der Waals surface area (Å²) in [6, 6.07) is 11.0. The second-order valence-electron chi connectivity index (χ2n) is 7.53. The number of ether oxygens (including phenoxy) is 1. The first-order chi connectivity index (χ1) is 14.3. The Morgan fingerprint density at radius 1 is 1.03 bits per heavy atom. The quantitative estimate of drug-likeness (QED) is 0.763. The number of nitrogens with one attached hydrogen (secondary N) is 1. The standard InChI is InChI=1S/C23H25FN2O4/c1-15-3-8-20(13-16(15)2)25-21(27)14-30-23(29)18-9-11-26(12-10-18)22(28)17-4-6-19(24)7-5-17/h3-8,13,18H,9-12,14H2,1-2H3,(H,25,27). The van der Waals surface area contributed by atoms with Crippen LogP contribution >= 0.6 is 0 Å². The number of piperidine rings is 1. The number of aryl methyl sites for hydroxylation is 2. The molecule has 0 unspecified atom stereocenters. The minimum Gasteiger partial charge on any atom is -0.455 e. The summed E-state index contributed by atoms with van der Waals surface area (Å²) in [5, 5.41) is 2.72. The lowest BCUT2D eigenvalue weighted by atomic mass is 9.96. The lowest BCUT2D eigenvalue weighted by Crippen LogP contribution is -2.41. The molecular formula is C23H25FN2O4.